The van der Waals surface area contributed by atoms with E-state index in [9.17, 15) is 9.59 Å². The number of nitrogens with one attached hydrogen (secondary N) is 2. The predicted molar refractivity (Wildman–Crippen MR) is 59.9 cm³/mol. The molecule has 5 nitrogen and oxygen atoms in total. The molecule has 2 N–H and O–H groups in total. The number of nitrogens with zero attached hydrogens (tertiary/aromatic N) is 1. The maximum absolute atomic E-state index is 12.0. The van der Waals surface area contributed by atoms with E-state index in [2.05, 4.69) is 10.6 Å². The molecule has 2 fully saturated rings. The summed E-state index contributed by atoms with van der Waals surface area (Å²) in [6.07, 6.45) is 1.82. The Balaban J connectivity index is 1.98. The number of rotatable bonds is 2. The van der Waals surface area contributed by atoms with Crippen molar-refractivity contribution < 1.29 is 9.59 Å². The summed E-state index contributed by atoms with van der Waals surface area (Å²) in [7, 11) is 0. The maximum Gasteiger partial charge on any atom is 0.324 e. The van der Waals surface area contributed by atoms with Crippen LogP contribution in [0.25, 0.3) is 0 Å². The van der Waals surface area contributed by atoms with Crippen molar-refractivity contribution in [2.24, 2.45) is 11.8 Å². The first-order chi connectivity index (χ1) is 7.72. The van der Waals surface area contributed by atoms with Gasteiger partial charge in [0, 0.05) is 19.6 Å². The fourth-order valence-corrected chi connectivity index (χ4v) is 2.44. The Hall–Kier alpha value is -1.10. The molecule has 2 rings (SSSR count). The zero-order valence-electron chi connectivity index (χ0n) is 9.66. The molecule has 0 aromatic rings. The lowest BCUT2D eigenvalue weighted by Crippen LogP contribution is -2.58. The highest BCUT2D eigenvalue weighted by Crippen LogP contribution is 2.25. The van der Waals surface area contributed by atoms with Crippen LogP contribution in [0.3, 0.4) is 0 Å². The zero-order chi connectivity index (χ0) is 11.5. The summed E-state index contributed by atoms with van der Waals surface area (Å²) in [5.74, 6) is 0.417. The minimum absolute atomic E-state index is 0.000114. The van der Waals surface area contributed by atoms with Gasteiger partial charge in [0.05, 0.1) is 5.92 Å². The molecular weight excluding hydrogens is 206 g/mol. The molecule has 2 atom stereocenters. The van der Waals surface area contributed by atoms with Gasteiger partial charge >= 0.3 is 6.03 Å². The monoisotopic (exact) mass is 225 g/mol. The van der Waals surface area contributed by atoms with Crippen molar-refractivity contribution in [3.63, 3.8) is 0 Å². The van der Waals surface area contributed by atoms with Crippen LogP contribution >= 0.6 is 0 Å². The van der Waals surface area contributed by atoms with Gasteiger partial charge in [-0.3, -0.25) is 9.69 Å². The first-order valence-electron chi connectivity index (χ1n) is 6.02. The Morgan fingerprint density at radius 2 is 2.38 bits per heavy atom. The zero-order valence-corrected chi connectivity index (χ0v) is 9.66. The number of carbonyl (C=O) groups is 2. The molecule has 16 heavy (non-hydrogen) atoms. The molecule has 2 aliphatic rings. The number of piperidine rings is 2. The van der Waals surface area contributed by atoms with Crippen LogP contribution in [-0.2, 0) is 4.79 Å². The number of carbonyl (C=O) groups excluding carboxylic acids is 2. The molecule has 2 unspecified atom stereocenters. The topological polar surface area (TPSA) is 61.4 Å². The van der Waals surface area contributed by atoms with Crippen molar-refractivity contribution in [2.75, 3.05) is 26.2 Å². The minimum Gasteiger partial charge on any atom is -0.338 e. The molecular formula is C11H19N3O2. The Morgan fingerprint density at radius 3 is 3.12 bits per heavy atom. The van der Waals surface area contributed by atoms with Crippen molar-refractivity contribution in [1.29, 1.82) is 0 Å². The lowest BCUT2D eigenvalue weighted by molar-refractivity contribution is -0.137. The molecule has 0 spiro atoms. The number of amides is 3. The molecule has 0 radical (unpaired) electrons. The van der Waals surface area contributed by atoms with Gasteiger partial charge in [-0.15, -0.1) is 0 Å². The molecule has 0 aliphatic carbocycles. The summed E-state index contributed by atoms with van der Waals surface area (Å²) in [5.41, 5.74) is 0. The third-order valence-electron chi connectivity index (χ3n) is 3.27. The molecule has 0 aromatic carbocycles. The second-order valence-electron chi connectivity index (χ2n) is 4.64. The summed E-state index contributed by atoms with van der Waals surface area (Å²) in [4.78, 5) is 25.1. The van der Waals surface area contributed by atoms with Gasteiger partial charge < -0.3 is 10.6 Å². The molecule has 2 aliphatic heterocycles. The molecule has 2 bridgehead atoms. The lowest BCUT2D eigenvalue weighted by atomic mass is 9.85. The number of fused-ring (bicyclic) bond motifs is 2. The van der Waals surface area contributed by atoms with Crippen LogP contribution in [0, 0.1) is 11.8 Å². The SMILES string of the molecule is CCCNC(=O)N1CC2CNCC(C2)C1=O. The van der Waals surface area contributed by atoms with E-state index >= 15 is 0 Å². The highest BCUT2D eigenvalue weighted by molar-refractivity contribution is 5.96. The quantitative estimate of drug-likeness (QED) is 0.704. The Labute approximate surface area is 95.6 Å². The largest absolute Gasteiger partial charge is 0.338 e. The second kappa shape index (κ2) is 4.82. The van der Waals surface area contributed by atoms with Gasteiger partial charge in [0.1, 0.15) is 0 Å². The van der Waals surface area contributed by atoms with Gasteiger partial charge in [-0.05, 0) is 25.3 Å². The van der Waals surface area contributed by atoms with E-state index in [1.54, 1.807) is 0 Å². The first kappa shape index (κ1) is 11.4. The van der Waals surface area contributed by atoms with E-state index in [0.717, 1.165) is 19.4 Å². The van der Waals surface area contributed by atoms with Gasteiger partial charge in [0.15, 0.2) is 0 Å². The Bertz CT molecular complexity index is 293. The second-order valence-corrected chi connectivity index (χ2v) is 4.64. The van der Waals surface area contributed by atoms with Gasteiger partial charge in [-0.1, -0.05) is 6.92 Å². The van der Waals surface area contributed by atoms with Crippen LogP contribution in [0.2, 0.25) is 0 Å². The van der Waals surface area contributed by atoms with Gasteiger partial charge in [-0.25, -0.2) is 4.79 Å². The average molecular weight is 225 g/mol. The van der Waals surface area contributed by atoms with Crippen LogP contribution in [0.15, 0.2) is 0 Å². The fourth-order valence-electron chi connectivity index (χ4n) is 2.44. The third kappa shape index (κ3) is 2.19. The standard InChI is InChI=1S/C11H19N3O2/c1-2-3-13-11(16)14-7-8-4-9(10(14)15)6-12-5-8/h8-9,12H,2-7H2,1H3,(H,13,16). The predicted octanol–water partition coefficient (Wildman–Crippen LogP) is 0.174. The van der Waals surface area contributed by atoms with Crippen molar-refractivity contribution in [1.82, 2.24) is 15.5 Å². The third-order valence-corrected chi connectivity index (χ3v) is 3.27. The molecule has 90 valence electrons. The van der Waals surface area contributed by atoms with E-state index in [1.165, 1.54) is 4.90 Å². The summed E-state index contributed by atoms with van der Waals surface area (Å²) >= 11 is 0. The van der Waals surface area contributed by atoms with E-state index in [1.807, 2.05) is 6.92 Å². The minimum atomic E-state index is -0.219. The fraction of sp³-hybridized carbons (Fsp3) is 0.818. The summed E-state index contributed by atoms with van der Waals surface area (Å²) < 4.78 is 0. The molecule has 5 heteroatoms. The summed E-state index contributed by atoms with van der Waals surface area (Å²) in [6.45, 7) is 4.83. The van der Waals surface area contributed by atoms with Crippen molar-refractivity contribution in [3.05, 3.63) is 0 Å². The van der Waals surface area contributed by atoms with Crippen molar-refractivity contribution in [2.45, 2.75) is 19.8 Å². The molecule has 2 heterocycles. The summed E-state index contributed by atoms with van der Waals surface area (Å²) in [5, 5.41) is 6.01. The van der Waals surface area contributed by atoms with E-state index in [0.29, 0.717) is 25.6 Å². The van der Waals surface area contributed by atoms with Crippen molar-refractivity contribution in [3.8, 4) is 0 Å². The van der Waals surface area contributed by atoms with Gasteiger partial charge in [-0.2, -0.15) is 0 Å². The van der Waals surface area contributed by atoms with Crippen LogP contribution in [0.1, 0.15) is 19.8 Å². The number of imide groups is 1. The molecule has 2 saturated heterocycles. The smallest absolute Gasteiger partial charge is 0.324 e. The highest BCUT2D eigenvalue weighted by Gasteiger charge is 2.39. The number of hydrogen-bond donors (Lipinski definition) is 2. The Morgan fingerprint density at radius 1 is 1.56 bits per heavy atom. The van der Waals surface area contributed by atoms with Crippen LogP contribution in [-0.4, -0.2) is 43.0 Å². The molecule has 0 saturated carbocycles. The maximum atomic E-state index is 12.0. The Kier molecular flexibility index (Phi) is 3.43. The van der Waals surface area contributed by atoms with Crippen molar-refractivity contribution >= 4 is 11.9 Å². The molecule has 0 aromatic heterocycles. The van der Waals surface area contributed by atoms with Gasteiger partial charge in [0.25, 0.3) is 0 Å². The van der Waals surface area contributed by atoms with E-state index < -0.39 is 0 Å². The number of urea groups is 1. The molecule has 3 amide bonds. The number of hydrogen-bond acceptors (Lipinski definition) is 3. The van der Waals surface area contributed by atoms with E-state index in [-0.39, 0.29) is 17.9 Å². The van der Waals surface area contributed by atoms with Crippen LogP contribution in [0.4, 0.5) is 4.79 Å². The highest BCUT2D eigenvalue weighted by atomic mass is 16.2. The average Bonchev–Trinajstić information content (AvgIpc) is 2.31. The van der Waals surface area contributed by atoms with E-state index in [4.69, 9.17) is 0 Å². The summed E-state index contributed by atoms with van der Waals surface area (Å²) in [6, 6.07) is -0.219. The van der Waals surface area contributed by atoms with Crippen LogP contribution in [0.5, 0.6) is 0 Å². The number of likely N-dealkylation sites (tertiary alicyclic amines) is 1. The lowest BCUT2D eigenvalue weighted by Gasteiger charge is -2.39. The first-order valence-corrected chi connectivity index (χ1v) is 6.02. The normalized spacial score (nSPS) is 29.1. The van der Waals surface area contributed by atoms with Crippen LogP contribution < -0.4 is 10.6 Å². The van der Waals surface area contributed by atoms with Gasteiger partial charge in [0.2, 0.25) is 5.91 Å².